The van der Waals surface area contributed by atoms with E-state index in [4.69, 9.17) is 5.11 Å². The molecule has 140 valence electrons. The minimum Gasteiger partial charge on any atom is -0.394 e. The van der Waals surface area contributed by atoms with Crippen LogP contribution in [0.2, 0.25) is 0 Å². The first-order valence-electron chi connectivity index (χ1n) is 9.70. The van der Waals surface area contributed by atoms with Gasteiger partial charge in [-0.25, -0.2) is 0 Å². The van der Waals surface area contributed by atoms with E-state index in [1.165, 1.54) is 38.5 Å². The summed E-state index contributed by atoms with van der Waals surface area (Å²) in [6.45, 7) is 10.5. The molecular formula is C20H42O3. The molecule has 0 aliphatic rings. The summed E-state index contributed by atoms with van der Waals surface area (Å²) in [4.78, 5) is 0. The van der Waals surface area contributed by atoms with Gasteiger partial charge in [-0.2, -0.15) is 0 Å². The van der Waals surface area contributed by atoms with E-state index in [-0.39, 0.29) is 6.61 Å². The highest BCUT2D eigenvalue weighted by Gasteiger charge is 2.29. The maximum atomic E-state index is 10.1. The highest BCUT2D eigenvalue weighted by molar-refractivity contribution is 4.81. The van der Waals surface area contributed by atoms with E-state index < -0.39 is 11.7 Å². The summed E-state index contributed by atoms with van der Waals surface area (Å²) in [7, 11) is 0. The van der Waals surface area contributed by atoms with Gasteiger partial charge in [0.1, 0.15) is 6.10 Å². The summed E-state index contributed by atoms with van der Waals surface area (Å²) in [5, 5.41) is 28.5. The third-order valence-corrected chi connectivity index (χ3v) is 5.14. The molecule has 0 saturated heterocycles. The second-order valence-electron chi connectivity index (χ2n) is 8.41. The Balaban J connectivity index is 3.69. The van der Waals surface area contributed by atoms with Gasteiger partial charge in [0.05, 0.1) is 12.2 Å². The molecule has 4 atom stereocenters. The zero-order chi connectivity index (χ0) is 17.9. The van der Waals surface area contributed by atoms with Crippen molar-refractivity contribution in [3.63, 3.8) is 0 Å². The van der Waals surface area contributed by atoms with Crippen LogP contribution in [0.4, 0.5) is 0 Å². The zero-order valence-corrected chi connectivity index (χ0v) is 16.2. The van der Waals surface area contributed by atoms with Crippen molar-refractivity contribution in [3.05, 3.63) is 0 Å². The first kappa shape index (κ1) is 22.9. The third kappa shape index (κ3) is 12.0. The third-order valence-electron chi connectivity index (χ3n) is 5.14. The molecule has 0 saturated carbocycles. The molecule has 3 nitrogen and oxygen atoms in total. The topological polar surface area (TPSA) is 60.7 Å². The molecule has 0 unspecified atom stereocenters. The van der Waals surface area contributed by atoms with Gasteiger partial charge in [0, 0.05) is 0 Å². The molecule has 0 aliphatic carbocycles. The average molecular weight is 331 g/mol. The quantitative estimate of drug-likeness (QED) is 0.438. The minimum atomic E-state index is -1.17. The van der Waals surface area contributed by atoms with Crippen molar-refractivity contribution in [1.82, 2.24) is 0 Å². The predicted octanol–water partition coefficient (Wildman–Crippen LogP) is 4.53. The highest BCUT2D eigenvalue weighted by atomic mass is 16.4. The predicted molar refractivity (Wildman–Crippen MR) is 98.4 cm³/mol. The van der Waals surface area contributed by atoms with Crippen LogP contribution in [0, 0.1) is 17.8 Å². The fourth-order valence-corrected chi connectivity index (χ4v) is 3.15. The van der Waals surface area contributed by atoms with E-state index in [1.54, 1.807) is 6.92 Å². The number of aliphatic hydroxyl groups is 3. The van der Waals surface area contributed by atoms with Gasteiger partial charge in [-0.15, -0.1) is 0 Å². The van der Waals surface area contributed by atoms with Crippen LogP contribution in [0.1, 0.15) is 92.4 Å². The molecule has 3 heteroatoms. The van der Waals surface area contributed by atoms with Gasteiger partial charge in [-0.3, -0.25) is 0 Å². The Labute approximate surface area is 144 Å². The normalized spacial score (nSPS) is 18.7. The molecule has 0 bridgehead atoms. The van der Waals surface area contributed by atoms with E-state index in [0.717, 1.165) is 24.7 Å². The van der Waals surface area contributed by atoms with Crippen LogP contribution in [0.3, 0.4) is 0 Å². The lowest BCUT2D eigenvalue weighted by Crippen LogP contribution is -2.41. The van der Waals surface area contributed by atoms with Crippen LogP contribution < -0.4 is 0 Å². The van der Waals surface area contributed by atoms with Crippen molar-refractivity contribution in [1.29, 1.82) is 0 Å². The molecule has 0 aromatic rings. The van der Waals surface area contributed by atoms with Gasteiger partial charge < -0.3 is 15.3 Å². The second-order valence-corrected chi connectivity index (χ2v) is 8.41. The molecule has 0 aromatic heterocycles. The van der Waals surface area contributed by atoms with E-state index in [1.807, 2.05) is 0 Å². The zero-order valence-electron chi connectivity index (χ0n) is 16.2. The number of aliphatic hydroxyl groups excluding tert-OH is 2. The Morgan fingerprint density at radius 2 is 1.22 bits per heavy atom. The number of hydrogen-bond donors (Lipinski definition) is 3. The standard InChI is InChI=1S/C20H42O3/c1-16(2)9-6-10-17(3)11-7-12-18(4)13-8-14-20(5,23)19(22)15-21/h16-19,21-23H,6-15H2,1-5H3/t17-,18-,19+,20+/m0/s1. The lowest BCUT2D eigenvalue weighted by Gasteiger charge is -2.28. The minimum absolute atomic E-state index is 0.378. The molecule has 0 amide bonds. The maximum absolute atomic E-state index is 10.1. The Kier molecular flexibility index (Phi) is 12.2. The van der Waals surface area contributed by atoms with Crippen LogP contribution in [-0.4, -0.2) is 33.6 Å². The van der Waals surface area contributed by atoms with Gasteiger partial charge in [-0.05, 0) is 31.1 Å². The van der Waals surface area contributed by atoms with Crippen LogP contribution in [0.25, 0.3) is 0 Å². The lowest BCUT2D eigenvalue weighted by atomic mass is 9.88. The summed E-state index contributed by atoms with van der Waals surface area (Å²) in [5.74, 6) is 2.32. The molecule has 0 aromatic carbocycles. The van der Waals surface area contributed by atoms with Gasteiger partial charge >= 0.3 is 0 Å². The summed E-state index contributed by atoms with van der Waals surface area (Å²) >= 11 is 0. The molecule has 0 aliphatic heterocycles. The average Bonchev–Trinajstić information content (AvgIpc) is 2.45. The number of hydrogen-bond acceptors (Lipinski definition) is 3. The van der Waals surface area contributed by atoms with Crippen molar-refractivity contribution in [2.45, 2.75) is 104 Å². The summed E-state index contributed by atoms with van der Waals surface area (Å²) < 4.78 is 0. The Morgan fingerprint density at radius 1 is 0.783 bits per heavy atom. The second kappa shape index (κ2) is 12.3. The van der Waals surface area contributed by atoms with Crippen molar-refractivity contribution in [3.8, 4) is 0 Å². The summed E-state index contributed by atoms with van der Waals surface area (Å²) in [5.41, 5.74) is -1.17. The SMILES string of the molecule is CC(C)CCC[C@H](C)CCC[C@H](C)CCC[C@@](C)(O)[C@H](O)CO. The van der Waals surface area contributed by atoms with Gasteiger partial charge in [0.15, 0.2) is 0 Å². The van der Waals surface area contributed by atoms with Crippen molar-refractivity contribution < 1.29 is 15.3 Å². The summed E-state index contributed by atoms with van der Waals surface area (Å²) in [6.07, 6.45) is 9.41. The van der Waals surface area contributed by atoms with E-state index in [0.29, 0.717) is 12.3 Å². The van der Waals surface area contributed by atoms with Crippen LogP contribution in [-0.2, 0) is 0 Å². The fourth-order valence-electron chi connectivity index (χ4n) is 3.15. The van der Waals surface area contributed by atoms with Gasteiger partial charge in [0.2, 0.25) is 0 Å². The highest BCUT2D eigenvalue weighted by Crippen LogP contribution is 2.24. The molecule has 0 heterocycles. The first-order valence-corrected chi connectivity index (χ1v) is 9.70. The fraction of sp³-hybridized carbons (Fsp3) is 1.00. The Hall–Kier alpha value is -0.120. The van der Waals surface area contributed by atoms with Gasteiger partial charge in [-0.1, -0.05) is 79.1 Å². The molecule has 0 radical (unpaired) electrons. The van der Waals surface area contributed by atoms with E-state index >= 15 is 0 Å². The van der Waals surface area contributed by atoms with E-state index in [2.05, 4.69) is 27.7 Å². The van der Waals surface area contributed by atoms with Crippen LogP contribution >= 0.6 is 0 Å². The smallest absolute Gasteiger partial charge is 0.105 e. The lowest BCUT2D eigenvalue weighted by molar-refractivity contribution is -0.0886. The largest absolute Gasteiger partial charge is 0.394 e. The molecule has 23 heavy (non-hydrogen) atoms. The summed E-state index contributed by atoms with van der Waals surface area (Å²) in [6, 6.07) is 0. The number of rotatable bonds is 14. The molecule has 0 fully saturated rings. The molecule has 3 N–H and O–H groups in total. The maximum Gasteiger partial charge on any atom is 0.105 e. The van der Waals surface area contributed by atoms with Crippen molar-refractivity contribution in [2.75, 3.05) is 6.61 Å². The first-order chi connectivity index (χ1) is 10.7. The van der Waals surface area contributed by atoms with Crippen LogP contribution in [0.15, 0.2) is 0 Å². The molecule has 0 spiro atoms. The van der Waals surface area contributed by atoms with Gasteiger partial charge in [0.25, 0.3) is 0 Å². The van der Waals surface area contributed by atoms with Crippen molar-refractivity contribution >= 4 is 0 Å². The molecule has 0 rings (SSSR count). The molecular weight excluding hydrogens is 288 g/mol. The Morgan fingerprint density at radius 3 is 1.65 bits per heavy atom. The Bertz CT molecular complexity index is 276. The monoisotopic (exact) mass is 330 g/mol. The van der Waals surface area contributed by atoms with E-state index in [9.17, 15) is 10.2 Å². The van der Waals surface area contributed by atoms with Crippen LogP contribution in [0.5, 0.6) is 0 Å². The van der Waals surface area contributed by atoms with Crippen molar-refractivity contribution in [2.24, 2.45) is 17.8 Å².